The number of ether oxygens (including phenoxy) is 3. The summed E-state index contributed by atoms with van der Waals surface area (Å²) in [6.45, 7) is 10.3. The van der Waals surface area contributed by atoms with Crippen molar-refractivity contribution in [2.24, 2.45) is 22.4 Å². The smallest absolute Gasteiger partial charge is 0.137 e. The van der Waals surface area contributed by atoms with E-state index in [-0.39, 0.29) is 22.9 Å². The van der Waals surface area contributed by atoms with Gasteiger partial charge in [-0.05, 0) is 64.3 Å². The predicted octanol–water partition coefficient (Wildman–Crippen LogP) is 4.61. The van der Waals surface area contributed by atoms with Gasteiger partial charge in [-0.1, -0.05) is 12.1 Å². The van der Waals surface area contributed by atoms with E-state index in [4.69, 9.17) is 19.0 Å². The Morgan fingerprint density at radius 1 is 1.15 bits per heavy atom. The Hall–Kier alpha value is -2.61. The lowest BCUT2D eigenvalue weighted by Gasteiger charge is -2.43. The largest absolute Gasteiger partial charge is 0.493 e. The third-order valence-electron chi connectivity index (χ3n) is 6.22. The van der Waals surface area contributed by atoms with Crippen molar-refractivity contribution in [3.8, 4) is 11.5 Å². The molecule has 33 heavy (non-hydrogen) atoms. The number of methoxy groups -OCH3 is 1. The molecule has 1 aromatic carbocycles. The molecular formula is C25H38N4O4. The fourth-order valence-electron chi connectivity index (χ4n) is 4.48. The fourth-order valence-corrected chi connectivity index (χ4v) is 4.48. The maximum absolute atomic E-state index is 6.23. The summed E-state index contributed by atoms with van der Waals surface area (Å²) in [7, 11) is 3.35. The fraction of sp³-hybridized carbons (Fsp3) is 0.640. The Balaban J connectivity index is 1.76. The van der Waals surface area contributed by atoms with Crippen molar-refractivity contribution in [1.82, 2.24) is 14.8 Å². The second-order valence-corrected chi connectivity index (χ2v) is 9.98. The lowest BCUT2D eigenvalue weighted by Crippen LogP contribution is -2.46. The molecule has 3 rings (SSSR count). The average Bonchev–Trinajstić information content (AvgIpc) is 3.28. The first-order chi connectivity index (χ1) is 15.7. The van der Waals surface area contributed by atoms with Crippen molar-refractivity contribution in [3.05, 3.63) is 36.9 Å². The van der Waals surface area contributed by atoms with Gasteiger partial charge in [-0.15, -0.1) is 0 Å². The van der Waals surface area contributed by atoms with Crippen LogP contribution >= 0.6 is 0 Å². The molecule has 8 heteroatoms. The first kappa shape index (κ1) is 25.0. The molecule has 0 spiro atoms. The van der Waals surface area contributed by atoms with E-state index in [1.165, 1.54) is 0 Å². The molecule has 0 saturated heterocycles. The highest BCUT2D eigenvalue weighted by Crippen LogP contribution is 2.43. The van der Waals surface area contributed by atoms with Crippen LogP contribution in [0.5, 0.6) is 11.5 Å². The number of rotatable bonds is 10. The molecule has 1 heterocycles. The topological polar surface area (TPSA) is 80.0 Å². The van der Waals surface area contributed by atoms with Gasteiger partial charge in [0.15, 0.2) is 0 Å². The highest BCUT2D eigenvalue weighted by Gasteiger charge is 2.44. The molecule has 8 nitrogen and oxygen atoms in total. The van der Waals surface area contributed by atoms with Crippen molar-refractivity contribution in [3.63, 3.8) is 0 Å². The van der Waals surface area contributed by atoms with Crippen LogP contribution in [0.3, 0.4) is 0 Å². The summed E-state index contributed by atoms with van der Waals surface area (Å²) < 4.78 is 19.4. The quantitative estimate of drug-likeness (QED) is 0.484. The molecule has 182 valence electrons. The van der Waals surface area contributed by atoms with Gasteiger partial charge >= 0.3 is 0 Å². The minimum atomic E-state index is -0.231. The maximum atomic E-state index is 6.23. The zero-order valence-corrected chi connectivity index (χ0v) is 20.8. The van der Waals surface area contributed by atoms with Crippen LogP contribution in [0.4, 0.5) is 0 Å². The summed E-state index contributed by atoms with van der Waals surface area (Å²) in [5.41, 5.74) is 0.719. The number of nitrogens with zero attached hydrogens (tertiary/aromatic N) is 4. The Morgan fingerprint density at radius 2 is 1.88 bits per heavy atom. The highest BCUT2D eigenvalue weighted by atomic mass is 16.6. The molecule has 0 unspecified atom stereocenters. The van der Waals surface area contributed by atoms with Crippen LogP contribution < -0.4 is 9.47 Å². The van der Waals surface area contributed by atoms with E-state index < -0.39 is 0 Å². The van der Waals surface area contributed by atoms with E-state index in [0.29, 0.717) is 19.8 Å². The third-order valence-corrected chi connectivity index (χ3v) is 6.22. The molecular weight excluding hydrogens is 420 g/mol. The maximum Gasteiger partial charge on any atom is 0.137 e. The standard InChI is InChI=1S/C25H38N4O4/c1-24(2,3)33-21-9-7-20(8-10-21)32-16-19-11-12-25(4,13-14-30-5)23(28-31-6)22(19)15-29-18-26-17-27-29/h7-10,17-19,22H,11-16H2,1-6H3/b28-23-/t19-,22-,25-/m0/s1. The molecule has 2 aromatic rings. The molecule has 1 aliphatic carbocycles. The second-order valence-electron chi connectivity index (χ2n) is 9.98. The Morgan fingerprint density at radius 3 is 2.48 bits per heavy atom. The summed E-state index contributed by atoms with van der Waals surface area (Å²) in [6, 6.07) is 7.83. The molecule has 0 N–H and O–H groups in total. The van der Waals surface area contributed by atoms with E-state index >= 15 is 0 Å². The summed E-state index contributed by atoms with van der Waals surface area (Å²) in [4.78, 5) is 9.43. The SMILES string of the molecule is COCC[C@]1(C)CC[C@@H](COc2ccc(OC(C)(C)C)cc2)[C@H](Cn2cncn2)/C1=N/OC. The predicted molar refractivity (Wildman–Crippen MR) is 128 cm³/mol. The number of benzene rings is 1. The number of hydrogen-bond acceptors (Lipinski definition) is 7. The van der Waals surface area contributed by atoms with Crippen molar-refractivity contribution in [2.45, 2.75) is 59.1 Å². The lowest BCUT2D eigenvalue weighted by atomic mass is 9.63. The summed E-state index contributed by atoms with van der Waals surface area (Å²) >= 11 is 0. The van der Waals surface area contributed by atoms with Crippen LogP contribution in [-0.2, 0) is 16.1 Å². The van der Waals surface area contributed by atoms with Gasteiger partial charge in [-0.2, -0.15) is 5.10 Å². The number of aromatic nitrogens is 3. The Kier molecular flexibility index (Phi) is 8.35. The third kappa shape index (κ3) is 6.93. The average molecular weight is 459 g/mol. The number of oxime groups is 1. The second kappa shape index (κ2) is 11.0. The van der Waals surface area contributed by atoms with Crippen LogP contribution in [0.15, 0.2) is 42.1 Å². The first-order valence-corrected chi connectivity index (χ1v) is 11.6. The molecule has 0 radical (unpaired) electrons. The zero-order chi connectivity index (χ0) is 23.9. The monoisotopic (exact) mass is 458 g/mol. The van der Waals surface area contributed by atoms with E-state index in [0.717, 1.165) is 36.5 Å². The van der Waals surface area contributed by atoms with Crippen LogP contribution in [0, 0.1) is 17.3 Å². The van der Waals surface area contributed by atoms with E-state index in [1.54, 1.807) is 26.9 Å². The van der Waals surface area contributed by atoms with E-state index in [1.807, 2.05) is 49.7 Å². The zero-order valence-electron chi connectivity index (χ0n) is 20.8. The molecule has 0 bridgehead atoms. The Labute approximate surface area is 197 Å². The van der Waals surface area contributed by atoms with E-state index in [2.05, 4.69) is 22.2 Å². The summed E-state index contributed by atoms with van der Waals surface area (Å²) in [5.74, 6) is 2.05. The van der Waals surface area contributed by atoms with Crippen LogP contribution in [0.25, 0.3) is 0 Å². The van der Waals surface area contributed by atoms with Crippen molar-refractivity contribution in [1.29, 1.82) is 0 Å². The van der Waals surface area contributed by atoms with Gasteiger partial charge in [-0.3, -0.25) is 4.68 Å². The van der Waals surface area contributed by atoms with Crippen molar-refractivity contribution < 1.29 is 19.0 Å². The molecule has 1 aliphatic rings. The van der Waals surface area contributed by atoms with Crippen molar-refractivity contribution in [2.75, 3.05) is 27.4 Å². The molecule has 0 aliphatic heterocycles. The van der Waals surface area contributed by atoms with Gasteiger partial charge in [0.05, 0.1) is 18.9 Å². The molecule has 1 fully saturated rings. The summed E-state index contributed by atoms with van der Waals surface area (Å²) in [5, 5.41) is 8.87. The molecule has 3 atom stereocenters. The van der Waals surface area contributed by atoms with Gasteiger partial charge in [0.2, 0.25) is 0 Å². The number of hydrogen-bond donors (Lipinski definition) is 0. The molecule has 0 amide bonds. The Bertz CT molecular complexity index is 877. The van der Waals surface area contributed by atoms with Gasteiger partial charge in [0.25, 0.3) is 0 Å². The summed E-state index contributed by atoms with van der Waals surface area (Å²) in [6.07, 6.45) is 6.22. The van der Waals surface area contributed by atoms with Gasteiger partial charge in [0.1, 0.15) is 36.9 Å². The normalized spacial score (nSPS) is 24.6. The van der Waals surface area contributed by atoms with E-state index in [9.17, 15) is 0 Å². The lowest BCUT2D eigenvalue weighted by molar-refractivity contribution is 0.115. The first-order valence-electron chi connectivity index (χ1n) is 11.6. The van der Waals surface area contributed by atoms with Gasteiger partial charge < -0.3 is 19.0 Å². The molecule has 1 saturated carbocycles. The van der Waals surface area contributed by atoms with Crippen LogP contribution in [0.2, 0.25) is 0 Å². The van der Waals surface area contributed by atoms with Crippen LogP contribution in [0.1, 0.15) is 47.0 Å². The minimum Gasteiger partial charge on any atom is -0.493 e. The minimum absolute atomic E-state index is 0.0975. The highest BCUT2D eigenvalue weighted by molar-refractivity contribution is 5.92. The van der Waals surface area contributed by atoms with Gasteiger partial charge in [-0.25, -0.2) is 4.98 Å². The van der Waals surface area contributed by atoms with Crippen molar-refractivity contribution >= 4 is 5.71 Å². The van der Waals surface area contributed by atoms with Crippen LogP contribution in [-0.4, -0.2) is 53.5 Å². The molecule has 1 aromatic heterocycles. The van der Waals surface area contributed by atoms with Gasteiger partial charge in [0, 0.05) is 31.0 Å².